The molecule has 0 amide bonds. The average molecular weight is 369 g/mol. The second-order valence-corrected chi connectivity index (χ2v) is 6.73. The third kappa shape index (κ3) is 2.21. The molecule has 0 radical (unpaired) electrons. The average Bonchev–Trinajstić information content (AvgIpc) is 3.35. The molecule has 0 aliphatic carbocycles. The Hall–Kier alpha value is -3.81. The third-order valence-corrected chi connectivity index (χ3v) is 5.11. The molecule has 136 valence electrons. The molecule has 0 N–H and O–H groups in total. The maximum Gasteiger partial charge on any atom is 0.196 e. The van der Waals surface area contributed by atoms with Gasteiger partial charge in [0, 0.05) is 36.4 Å². The van der Waals surface area contributed by atoms with Crippen LogP contribution in [0, 0.1) is 0 Å². The Balaban J connectivity index is 1.41. The van der Waals surface area contributed by atoms with E-state index in [0.29, 0.717) is 12.1 Å². The van der Waals surface area contributed by atoms with Crippen molar-refractivity contribution in [2.75, 3.05) is 11.4 Å². The van der Waals surface area contributed by atoms with Crippen LogP contribution in [0.2, 0.25) is 0 Å². The van der Waals surface area contributed by atoms with Crippen molar-refractivity contribution in [1.82, 2.24) is 29.7 Å². The molecule has 8 heteroatoms. The molecule has 4 aromatic heterocycles. The summed E-state index contributed by atoms with van der Waals surface area (Å²) in [4.78, 5) is 15.3. The number of anilines is 1. The smallest absolute Gasteiger partial charge is 0.196 e. The predicted octanol–water partition coefficient (Wildman–Crippen LogP) is 3.05. The first-order valence-corrected chi connectivity index (χ1v) is 9.08. The molecule has 0 bridgehead atoms. The Kier molecular flexibility index (Phi) is 3.19. The molecule has 0 spiro atoms. The van der Waals surface area contributed by atoms with Crippen molar-refractivity contribution < 1.29 is 4.42 Å². The number of hydrogen-bond acceptors (Lipinski definition) is 7. The number of para-hydroxylation sites is 1. The third-order valence-electron chi connectivity index (χ3n) is 5.11. The van der Waals surface area contributed by atoms with E-state index < -0.39 is 0 Å². The van der Waals surface area contributed by atoms with E-state index in [1.165, 1.54) is 0 Å². The highest BCUT2D eigenvalue weighted by Crippen LogP contribution is 2.33. The number of furan rings is 1. The maximum absolute atomic E-state index is 6.08. The van der Waals surface area contributed by atoms with Crippen LogP contribution in [0.3, 0.4) is 0 Å². The number of hydrogen-bond donors (Lipinski definition) is 0. The molecule has 28 heavy (non-hydrogen) atoms. The van der Waals surface area contributed by atoms with Crippen molar-refractivity contribution in [2.24, 2.45) is 0 Å². The lowest BCUT2D eigenvalue weighted by molar-refractivity contribution is 0.556. The Labute approximate surface area is 159 Å². The van der Waals surface area contributed by atoms with Crippen LogP contribution in [0.4, 0.5) is 5.82 Å². The second-order valence-electron chi connectivity index (χ2n) is 6.73. The van der Waals surface area contributed by atoms with Gasteiger partial charge in [-0.15, -0.1) is 10.2 Å². The Morgan fingerprint density at radius 2 is 1.93 bits per heavy atom. The fourth-order valence-corrected chi connectivity index (χ4v) is 3.78. The maximum atomic E-state index is 6.08. The van der Waals surface area contributed by atoms with Crippen molar-refractivity contribution in [2.45, 2.75) is 13.1 Å². The minimum absolute atomic E-state index is 0.608. The van der Waals surface area contributed by atoms with Crippen LogP contribution in [0.25, 0.3) is 33.5 Å². The molecular weight excluding hydrogens is 354 g/mol. The summed E-state index contributed by atoms with van der Waals surface area (Å²) < 4.78 is 8.22. The fourth-order valence-electron chi connectivity index (χ4n) is 3.78. The Morgan fingerprint density at radius 3 is 2.86 bits per heavy atom. The highest BCUT2D eigenvalue weighted by atomic mass is 16.3. The van der Waals surface area contributed by atoms with Crippen molar-refractivity contribution in [3.05, 3.63) is 60.9 Å². The van der Waals surface area contributed by atoms with Gasteiger partial charge < -0.3 is 13.9 Å². The minimum atomic E-state index is 0.608. The van der Waals surface area contributed by atoms with Gasteiger partial charge in [-0.2, -0.15) is 0 Å². The van der Waals surface area contributed by atoms with Crippen molar-refractivity contribution in [3.63, 3.8) is 0 Å². The van der Waals surface area contributed by atoms with E-state index in [9.17, 15) is 0 Å². The standard InChI is InChI=1S/C20H15N7O/c1-2-6-15-14(5-1)17-18(28-15)20(23-12-22-17)26-8-9-27-16(11-26)24-25-19(27)13-4-3-7-21-10-13/h1-7,10,12H,8-9,11H2. The molecule has 1 aliphatic heterocycles. The molecule has 6 rings (SSSR count). The van der Waals surface area contributed by atoms with Crippen molar-refractivity contribution in [1.29, 1.82) is 0 Å². The zero-order chi connectivity index (χ0) is 18.5. The van der Waals surface area contributed by atoms with E-state index in [2.05, 4.69) is 34.6 Å². The molecule has 5 heterocycles. The van der Waals surface area contributed by atoms with Crippen LogP contribution < -0.4 is 4.90 Å². The molecule has 0 saturated heterocycles. The first kappa shape index (κ1) is 15.3. The quantitative estimate of drug-likeness (QED) is 0.473. The summed E-state index contributed by atoms with van der Waals surface area (Å²) in [7, 11) is 0. The Bertz CT molecular complexity index is 1310. The molecule has 0 atom stereocenters. The topological polar surface area (TPSA) is 85.8 Å². The van der Waals surface area contributed by atoms with Crippen LogP contribution in [0.5, 0.6) is 0 Å². The number of pyridine rings is 1. The first-order chi connectivity index (χ1) is 13.9. The van der Waals surface area contributed by atoms with Crippen LogP contribution in [0.1, 0.15) is 5.82 Å². The van der Waals surface area contributed by atoms with E-state index in [4.69, 9.17) is 4.42 Å². The second kappa shape index (κ2) is 5.85. The zero-order valence-corrected chi connectivity index (χ0v) is 14.9. The van der Waals surface area contributed by atoms with E-state index in [0.717, 1.165) is 52.6 Å². The van der Waals surface area contributed by atoms with E-state index in [1.54, 1.807) is 12.5 Å². The molecule has 0 fully saturated rings. The lowest BCUT2D eigenvalue weighted by Gasteiger charge is -2.28. The normalized spacial score (nSPS) is 13.9. The van der Waals surface area contributed by atoms with Gasteiger partial charge in [-0.25, -0.2) is 9.97 Å². The summed E-state index contributed by atoms with van der Waals surface area (Å²) in [6.45, 7) is 2.15. The van der Waals surface area contributed by atoms with E-state index in [1.807, 2.05) is 42.6 Å². The highest BCUT2D eigenvalue weighted by Gasteiger charge is 2.25. The summed E-state index contributed by atoms with van der Waals surface area (Å²) in [6, 6.07) is 11.8. The van der Waals surface area contributed by atoms with E-state index in [-0.39, 0.29) is 0 Å². The van der Waals surface area contributed by atoms with Gasteiger partial charge in [-0.3, -0.25) is 4.98 Å². The fraction of sp³-hybridized carbons (Fsp3) is 0.150. The zero-order valence-electron chi connectivity index (χ0n) is 14.9. The van der Waals surface area contributed by atoms with Gasteiger partial charge in [0.1, 0.15) is 17.4 Å². The van der Waals surface area contributed by atoms with Gasteiger partial charge in [-0.1, -0.05) is 12.1 Å². The summed E-state index contributed by atoms with van der Waals surface area (Å²) >= 11 is 0. The monoisotopic (exact) mass is 369 g/mol. The summed E-state index contributed by atoms with van der Waals surface area (Å²) in [5.74, 6) is 2.53. The van der Waals surface area contributed by atoms with Gasteiger partial charge in [-0.05, 0) is 24.3 Å². The molecule has 1 aromatic carbocycles. The van der Waals surface area contributed by atoms with Gasteiger partial charge in [0.15, 0.2) is 23.0 Å². The Morgan fingerprint density at radius 1 is 0.964 bits per heavy atom. The van der Waals surface area contributed by atoms with Crippen molar-refractivity contribution >= 4 is 27.9 Å². The van der Waals surface area contributed by atoms with Gasteiger partial charge in [0.25, 0.3) is 0 Å². The van der Waals surface area contributed by atoms with Crippen LogP contribution >= 0.6 is 0 Å². The lowest BCUT2D eigenvalue weighted by Crippen LogP contribution is -2.34. The van der Waals surface area contributed by atoms with Crippen molar-refractivity contribution in [3.8, 4) is 11.4 Å². The first-order valence-electron chi connectivity index (χ1n) is 9.08. The summed E-state index contributed by atoms with van der Waals surface area (Å²) in [6.07, 6.45) is 5.17. The SMILES string of the molecule is c1cncc(-c2nnc3n2CCN(c2ncnc4c2oc2ccccc24)C3)c1. The molecule has 8 nitrogen and oxygen atoms in total. The van der Waals surface area contributed by atoms with Gasteiger partial charge in [0.2, 0.25) is 0 Å². The number of aromatic nitrogens is 6. The van der Waals surface area contributed by atoms with Gasteiger partial charge in [0.05, 0.1) is 6.54 Å². The highest BCUT2D eigenvalue weighted by molar-refractivity contribution is 6.05. The minimum Gasteiger partial charge on any atom is -0.450 e. The predicted molar refractivity (Wildman–Crippen MR) is 104 cm³/mol. The van der Waals surface area contributed by atoms with Gasteiger partial charge >= 0.3 is 0 Å². The molecule has 5 aromatic rings. The largest absolute Gasteiger partial charge is 0.450 e. The number of benzene rings is 1. The number of nitrogens with zero attached hydrogens (tertiary/aromatic N) is 7. The molecule has 0 saturated carbocycles. The number of rotatable bonds is 2. The lowest BCUT2D eigenvalue weighted by atomic mass is 10.2. The summed E-state index contributed by atoms with van der Waals surface area (Å²) in [5.41, 5.74) is 3.34. The summed E-state index contributed by atoms with van der Waals surface area (Å²) in [5, 5.41) is 9.78. The molecule has 1 aliphatic rings. The number of fused-ring (bicyclic) bond motifs is 4. The van der Waals surface area contributed by atoms with E-state index >= 15 is 0 Å². The van der Waals surface area contributed by atoms with Crippen LogP contribution in [0.15, 0.2) is 59.5 Å². The van der Waals surface area contributed by atoms with Crippen LogP contribution in [-0.2, 0) is 13.1 Å². The molecule has 0 unspecified atom stereocenters. The van der Waals surface area contributed by atoms with Crippen LogP contribution in [-0.4, -0.2) is 36.3 Å². The molecular formula is C20H15N7O.